The van der Waals surface area contributed by atoms with E-state index >= 15 is 0 Å². The molecule has 7 heteroatoms. The SMILES string of the molecule is CC(C)n1cnc(S(=O)(=O)N2CCC[C@@H]2[C@H]2CCCC[C@H]2O)c1. The van der Waals surface area contributed by atoms with Crippen molar-refractivity contribution >= 4 is 10.0 Å². The van der Waals surface area contributed by atoms with Gasteiger partial charge in [-0.1, -0.05) is 12.8 Å². The van der Waals surface area contributed by atoms with E-state index in [0.29, 0.717) is 6.54 Å². The Morgan fingerprint density at radius 2 is 1.96 bits per heavy atom. The second kappa shape index (κ2) is 6.53. The summed E-state index contributed by atoms with van der Waals surface area (Å²) in [6, 6.07) is 0.0977. The third kappa shape index (κ3) is 3.19. The van der Waals surface area contributed by atoms with Gasteiger partial charge in [-0.25, -0.2) is 13.4 Å². The molecule has 1 aromatic rings. The van der Waals surface area contributed by atoms with E-state index in [1.165, 1.54) is 0 Å². The topological polar surface area (TPSA) is 75.4 Å². The van der Waals surface area contributed by atoms with Crippen molar-refractivity contribution in [3.63, 3.8) is 0 Å². The lowest BCUT2D eigenvalue weighted by molar-refractivity contribution is 0.0386. The molecule has 1 aliphatic heterocycles. The van der Waals surface area contributed by atoms with Crippen LogP contribution >= 0.6 is 0 Å². The quantitative estimate of drug-likeness (QED) is 0.911. The number of hydrogen-bond donors (Lipinski definition) is 1. The van der Waals surface area contributed by atoms with Crippen molar-refractivity contribution < 1.29 is 13.5 Å². The zero-order valence-electron chi connectivity index (χ0n) is 13.9. The van der Waals surface area contributed by atoms with Crippen molar-refractivity contribution in [2.24, 2.45) is 5.92 Å². The number of hydrogen-bond acceptors (Lipinski definition) is 4. The number of aromatic nitrogens is 2. The average molecular weight is 341 g/mol. The fraction of sp³-hybridized carbons (Fsp3) is 0.812. The molecule has 1 aromatic heterocycles. The van der Waals surface area contributed by atoms with Crippen LogP contribution in [-0.2, 0) is 10.0 Å². The number of aliphatic hydroxyl groups excluding tert-OH is 1. The molecular weight excluding hydrogens is 314 g/mol. The third-order valence-electron chi connectivity index (χ3n) is 5.27. The molecule has 3 atom stereocenters. The standard InChI is InChI=1S/C16H27N3O3S/c1-12(2)18-10-16(17-11-18)23(21,22)19-9-5-7-14(19)13-6-3-4-8-15(13)20/h10-15,20H,3-9H2,1-2H3/t13-,14-,15-/m1/s1. The molecule has 0 aromatic carbocycles. The van der Waals surface area contributed by atoms with Crippen molar-refractivity contribution in [1.82, 2.24) is 13.9 Å². The summed E-state index contributed by atoms with van der Waals surface area (Å²) in [5.41, 5.74) is 0. The van der Waals surface area contributed by atoms with Crippen molar-refractivity contribution in [2.45, 2.75) is 75.6 Å². The van der Waals surface area contributed by atoms with Gasteiger partial charge in [-0.15, -0.1) is 0 Å². The number of nitrogens with zero attached hydrogens (tertiary/aromatic N) is 3. The maximum Gasteiger partial charge on any atom is 0.262 e. The van der Waals surface area contributed by atoms with Crippen molar-refractivity contribution in [3.05, 3.63) is 12.5 Å². The van der Waals surface area contributed by atoms with E-state index in [1.54, 1.807) is 16.8 Å². The van der Waals surface area contributed by atoms with Crippen LogP contribution in [0.15, 0.2) is 17.6 Å². The molecule has 0 unspecified atom stereocenters. The first-order chi connectivity index (χ1) is 10.9. The van der Waals surface area contributed by atoms with E-state index < -0.39 is 10.0 Å². The van der Waals surface area contributed by atoms with Crippen LogP contribution in [0.1, 0.15) is 58.4 Å². The minimum Gasteiger partial charge on any atom is -0.393 e. The Morgan fingerprint density at radius 3 is 2.61 bits per heavy atom. The van der Waals surface area contributed by atoms with Crippen LogP contribution in [0.5, 0.6) is 0 Å². The van der Waals surface area contributed by atoms with E-state index in [4.69, 9.17) is 0 Å². The van der Waals surface area contributed by atoms with Gasteiger partial charge in [0.2, 0.25) is 0 Å². The maximum atomic E-state index is 13.0. The van der Waals surface area contributed by atoms with Crippen LogP contribution in [0, 0.1) is 5.92 Å². The smallest absolute Gasteiger partial charge is 0.262 e. The van der Waals surface area contributed by atoms with Gasteiger partial charge in [0.1, 0.15) is 0 Å². The summed E-state index contributed by atoms with van der Waals surface area (Å²) in [7, 11) is -3.58. The molecule has 1 N–H and O–H groups in total. The molecule has 0 amide bonds. The summed E-state index contributed by atoms with van der Waals surface area (Å²) in [5.74, 6) is 0.0632. The summed E-state index contributed by atoms with van der Waals surface area (Å²) in [5, 5.41) is 10.4. The first kappa shape index (κ1) is 16.9. The van der Waals surface area contributed by atoms with Crippen LogP contribution in [0.3, 0.4) is 0 Å². The van der Waals surface area contributed by atoms with Crippen LogP contribution in [0.25, 0.3) is 0 Å². The van der Waals surface area contributed by atoms with Crippen LogP contribution in [0.2, 0.25) is 0 Å². The lowest BCUT2D eigenvalue weighted by atomic mass is 9.81. The molecule has 2 fully saturated rings. The van der Waals surface area contributed by atoms with E-state index in [2.05, 4.69) is 4.98 Å². The number of rotatable bonds is 4. The van der Waals surface area contributed by atoms with Crippen molar-refractivity contribution in [2.75, 3.05) is 6.54 Å². The van der Waals surface area contributed by atoms with Crippen molar-refractivity contribution in [3.8, 4) is 0 Å². The van der Waals surface area contributed by atoms with Gasteiger partial charge in [-0.05, 0) is 39.5 Å². The van der Waals surface area contributed by atoms with Crippen molar-refractivity contribution in [1.29, 1.82) is 0 Å². The molecular formula is C16H27N3O3S. The van der Waals surface area contributed by atoms with Gasteiger partial charge in [0, 0.05) is 30.7 Å². The predicted octanol–water partition coefficient (Wildman–Crippen LogP) is 2.17. The Hall–Kier alpha value is -0.920. The van der Waals surface area contributed by atoms with Gasteiger partial charge in [-0.2, -0.15) is 4.31 Å². The largest absolute Gasteiger partial charge is 0.393 e. The molecule has 6 nitrogen and oxygen atoms in total. The second-order valence-electron chi connectivity index (χ2n) is 7.09. The second-order valence-corrected chi connectivity index (χ2v) is 8.93. The molecule has 1 aliphatic carbocycles. The molecule has 1 saturated carbocycles. The van der Waals surface area contributed by atoms with Gasteiger partial charge in [0.25, 0.3) is 10.0 Å². The van der Waals surface area contributed by atoms with Gasteiger partial charge in [-0.3, -0.25) is 0 Å². The van der Waals surface area contributed by atoms with Gasteiger partial charge in [0.15, 0.2) is 5.03 Å². The molecule has 130 valence electrons. The minimum atomic E-state index is -3.58. The highest BCUT2D eigenvalue weighted by Gasteiger charge is 2.43. The van der Waals surface area contributed by atoms with E-state index in [9.17, 15) is 13.5 Å². The summed E-state index contributed by atoms with van der Waals surface area (Å²) in [4.78, 5) is 4.12. The fourth-order valence-electron chi connectivity index (χ4n) is 3.93. The lowest BCUT2D eigenvalue weighted by Crippen LogP contribution is -2.45. The van der Waals surface area contributed by atoms with Gasteiger partial charge >= 0.3 is 0 Å². The summed E-state index contributed by atoms with van der Waals surface area (Å²) in [6.45, 7) is 4.52. The van der Waals surface area contributed by atoms with Gasteiger partial charge < -0.3 is 9.67 Å². The Balaban J connectivity index is 1.85. The Labute approximate surface area is 138 Å². The third-order valence-corrected chi connectivity index (χ3v) is 7.08. The van der Waals surface area contributed by atoms with Crippen LogP contribution < -0.4 is 0 Å². The number of aliphatic hydroxyl groups is 1. The molecule has 1 saturated heterocycles. The van der Waals surface area contributed by atoms with E-state index in [0.717, 1.165) is 38.5 Å². The molecule has 2 aliphatic rings. The Kier molecular flexibility index (Phi) is 4.80. The fourth-order valence-corrected chi connectivity index (χ4v) is 5.60. The van der Waals surface area contributed by atoms with E-state index in [1.807, 2.05) is 18.4 Å². The monoisotopic (exact) mass is 341 g/mol. The molecule has 0 spiro atoms. The summed E-state index contributed by atoms with van der Waals surface area (Å²) < 4.78 is 29.4. The molecule has 0 radical (unpaired) electrons. The normalized spacial score (nSPS) is 30.2. The number of sulfonamides is 1. The number of imidazole rings is 1. The molecule has 2 heterocycles. The molecule has 23 heavy (non-hydrogen) atoms. The zero-order valence-corrected chi connectivity index (χ0v) is 14.7. The summed E-state index contributed by atoms with van der Waals surface area (Å²) >= 11 is 0. The predicted molar refractivity (Wildman–Crippen MR) is 87.5 cm³/mol. The first-order valence-electron chi connectivity index (χ1n) is 8.64. The molecule has 0 bridgehead atoms. The maximum absolute atomic E-state index is 13.0. The minimum absolute atomic E-state index is 0.0632. The van der Waals surface area contributed by atoms with Gasteiger partial charge in [0.05, 0.1) is 12.4 Å². The van der Waals surface area contributed by atoms with Crippen LogP contribution in [0.4, 0.5) is 0 Å². The van der Waals surface area contributed by atoms with Crippen LogP contribution in [-0.4, -0.2) is 46.1 Å². The summed E-state index contributed by atoms with van der Waals surface area (Å²) in [6.07, 6.45) is 8.34. The van der Waals surface area contributed by atoms with E-state index in [-0.39, 0.29) is 29.1 Å². The Morgan fingerprint density at radius 1 is 1.22 bits per heavy atom. The highest BCUT2D eigenvalue weighted by atomic mass is 32.2. The lowest BCUT2D eigenvalue weighted by Gasteiger charge is -2.36. The highest BCUT2D eigenvalue weighted by Crippen LogP contribution is 2.37. The first-order valence-corrected chi connectivity index (χ1v) is 10.1. The average Bonchev–Trinajstić information content (AvgIpc) is 3.17. The Bertz CT molecular complexity index is 641. The zero-order chi connectivity index (χ0) is 16.6. The highest BCUT2D eigenvalue weighted by molar-refractivity contribution is 7.89. The molecule has 3 rings (SSSR count).